The number of carbonyl (C=O) groups is 1. The first-order chi connectivity index (χ1) is 10.2. The van der Waals surface area contributed by atoms with Crippen molar-refractivity contribution in [1.29, 1.82) is 0 Å². The number of hydrogen-bond donors (Lipinski definition) is 1. The third-order valence-electron chi connectivity index (χ3n) is 3.80. The first-order valence-electron chi connectivity index (χ1n) is 7.23. The number of pyridine rings is 1. The molecule has 116 valence electrons. The van der Waals surface area contributed by atoms with Gasteiger partial charge < -0.3 is 14.6 Å². The highest BCUT2D eigenvalue weighted by molar-refractivity contribution is 5.76. The topological polar surface area (TPSA) is 71.9 Å². The monoisotopic (exact) mass is 294 g/mol. The van der Waals surface area contributed by atoms with E-state index in [0.717, 1.165) is 38.8 Å². The maximum Gasteiger partial charge on any atom is 0.325 e. The van der Waals surface area contributed by atoms with Crippen LogP contribution in [0.4, 0.5) is 0 Å². The highest BCUT2D eigenvalue weighted by atomic mass is 16.5. The summed E-state index contributed by atoms with van der Waals surface area (Å²) in [5, 5.41) is 9.66. The summed E-state index contributed by atoms with van der Waals surface area (Å²) in [4.78, 5) is 18.0. The van der Waals surface area contributed by atoms with E-state index in [0.29, 0.717) is 17.3 Å². The number of rotatable bonds is 5. The second-order valence-corrected chi connectivity index (χ2v) is 5.14. The SMILES string of the molecule is COc1ccc(C(C(=O)O)N2CCCCCC2)c(OC)n1. The van der Waals surface area contributed by atoms with E-state index in [1.165, 1.54) is 14.2 Å². The van der Waals surface area contributed by atoms with Crippen molar-refractivity contribution in [2.45, 2.75) is 31.7 Å². The van der Waals surface area contributed by atoms with Crippen LogP contribution < -0.4 is 9.47 Å². The van der Waals surface area contributed by atoms with Gasteiger partial charge in [0.15, 0.2) is 0 Å². The van der Waals surface area contributed by atoms with Crippen LogP contribution in [-0.4, -0.2) is 48.3 Å². The summed E-state index contributed by atoms with van der Waals surface area (Å²) in [6.07, 6.45) is 4.35. The number of aromatic nitrogens is 1. The van der Waals surface area contributed by atoms with Crippen molar-refractivity contribution in [2.24, 2.45) is 0 Å². The van der Waals surface area contributed by atoms with Gasteiger partial charge in [-0.25, -0.2) is 0 Å². The smallest absolute Gasteiger partial charge is 0.325 e. The van der Waals surface area contributed by atoms with E-state index < -0.39 is 12.0 Å². The fourth-order valence-corrected chi connectivity index (χ4v) is 2.76. The molecule has 1 unspecified atom stereocenters. The zero-order valence-corrected chi connectivity index (χ0v) is 12.5. The van der Waals surface area contributed by atoms with Crippen molar-refractivity contribution < 1.29 is 19.4 Å². The number of methoxy groups -OCH3 is 2. The summed E-state index contributed by atoms with van der Waals surface area (Å²) in [7, 11) is 3.01. The van der Waals surface area contributed by atoms with Crippen LogP contribution in [0.2, 0.25) is 0 Å². The van der Waals surface area contributed by atoms with Crippen LogP contribution in [0.5, 0.6) is 11.8 Å². The summed E-state index contributed by atoms with van der Waals surface area (Å²) in [5.41, 5.74) is 0.577. The van der Waals surface area contributed by atoms with Crippen molar-refractivity contribution >= 4 is 5.97 Å². The van der Waals surface area contributed by atoms with Crippen molar-refractivity contribution in [3.8, 4) is 11.8 Å². The Morgan fingerprint density at radius 2 is 1.86 bits per heavy atom. The number of aliphatic carboxylic acids is 1. The predicted octanol–water partition coefficient (Wildman–Crippen LogP) is 2.10. The van der Waals surface area contributed by atoms with Crippen LogP contribution in [0.15, 0.2) is 12.1 Å². The van der Waals surface area contributed by atoms with Crippen molar-refractivity contribution in [3.63, 3.8) is 0 Å². The van der Waals surface area contributed by atoms with Crippen molar-refractivity contribution in [2.75, 3.05) is 27.3 Å². The van der Waals surface area contributed by atoms with E-state index in [2.05, 4.69) is 4.98 Å². The van der Waals surface area contributed by atoms with Crippen LogP contribution in [0.1, 0.15) is 37.3 Å². The second-order valence-electron chi connectivity index (χ2n) is 5.14. The number of nitrogens with zero attached hydrogens (tertiary/aromatic N) is 2. The Balaban J connectivity index is 2.35. The Bertz CT molecular complexity index is 485. The summed E-state index contributed by atoms with van der Waals surface area (Å²) >= 11 is 0. The molecule has 1 fully saturated rings. The standard InChI is InChI=1S/C15H22N2O4/c1-20-12-8-7-11(14(16-12)21-2)13(15(18)19)17-9-5-3-4-6-10-17/h7-8,13H,3-6,9-10H2,1-2H3,(H,18,19). The number of ether oxygens (including phenoxy) is 2. The maximum absolute atomic E-state index is 11.8. The molecule has 0 aromatic carbocycles. The molecule has 6 nitrogen and oxygen atoms in total. The molecule has 1 N–H and O–H groups in total. The minimum absolute atomic E-state index is 0.311. The molecule has 1 aromatic rings. The molecule has 1 atom stereocenters. The molecule has 0 aliphatic carbocycles. The quantitative estimate of drug-likeness (QED) is 0.896. The molecular weight excluding hydrogens is 272 g/mol. The van der Waals surface area contributed by atoms with Gasteiger partial charge in [0.1, 0.15) is 6.04 Å². The molecule has 1 aromatic heterocycles. The third-order valence-corrected chi connectivity index (χ3v) is 3.80. The summed E-state index contributed by atoms with van der Waals surface area (Å²) in [6.45, 7) is 1.57. The summed E-state index contributed by atoms with van der Waals surface area (Å²) in [5.74, 6) is -0.149. The Labute approximate surface area is 124 Å². The molecule has 1 aliphatic heterocycles. The van der Waals surface area contributed by atoms with E-state index >= 15 is 0 Å². The molecule has 2 rings (SSSR count). The highest BCUT2D eigenvalue weighted by Crippen LogP contribution is 2.31. The second kappa shape index (κ2) is 7.26. The van der Waals surface area contributed by atoms with Gasteiger partial charge in [0, 0.05) is 11.6 Å². The van der Waals surface area contributed by atoms with Crippen LogP contribution in [0.25, 0.3) is 0 Å². The maximum atomic E-state index is 11.8. The molecule has 0 saturated carbocycles. The third kappa shape index (κ3) is 3.64. The lowest BCUT2D eigenvalue weighted by molar-refractivity contribution is -0.143. The lowest BCUT2D eigenvalue weighted by Gasteiger charge is -2.28. The lowest BCUT2D eigenvalue weighted by atomic mass is 10.1. The van der Waals surface area contributed by atoms with Gasteiger partial charge in [0.05, 0.1) is 14.2 Å². The van der Waals surface area contributed by atoms with Gasteiger partial charge in [0.2, 0.25) is 11.8 Å². The minimum Gasteiger partial charge on any atom is -0.481 e. The molecule has 0 amide bonds. The molecule has 1 aliphatic rings. The van der Waals surface area contributed by atoms with Crippen LogP contribution in [0.3, 0.4) is 0 Å². The zero-order valence-electron chi connectivity index (χ0n) is 12.5. The largest absolute Gasteiger partial charge is 0.481 e. The molecule has 0 radical (unpaired) electrons. The molecule has 1 saturated heterocycles. The van der Waals surface area contributed by atoms with Gasteiger partial charge >= 0.3 is 5.97 Å². The Hall–Kier alpha value is -1.82. The van der Waals surface area contributed by atoms with Gasteiger partial charge in [0.25, 0.3) is 0 Å². The number of carboxylic acids is 1. The van der Waals surface area contributed by atoms with Crippen LogP contribution >= 0.6 is 0 Å². The zero-order chi connectivity index (χ0) is 15.2. The predicted molar refractivity (Wildman–Crippen MR) is 77.8 cm³/mol. The van der Waals surface area contributed by atoms with Gasteiger partial charge in [-0.15, -0.1) is 0 Å². The Morgan fingerprint density at radius 3 is 2.38 bits per heavy atom. The molecule has 0 spiro atoms. The van der Waals surface area contributed by atoms with Gasteiger partial charge in [-0.2, -0.15) is 4.98 Å². The summed E-state index contributed by atoms with van der Waals surface area (Å²) in [6, 6.07) is 2.68. The van der Waals surface area contributed by atoms with E-state index in [1.807, 2.05) is 4.90 Å². The van der Waals surface area contributed by atoms with E-state index in [1.54, 1.807) is 12.1 Å². The molecular formula is C15H22N2O4. The summed E-state index contributed by atoms with van der Waals surface area (Å²) < 4.78 is 10.3. The first-order valence-corrected chi connectivity index (χ1v) is 7.23. The van der Waals surface area contributed by atoms with Gasteiger partial charge in [-0.05, 0) is 32.0 Å². The molecule has 6 heteroatoms. The molecule has 21 heavy (non-hydrogen) atoms. The van der Waals surface area contributed by atoms with E-state index in [-0.39, 0.29) is 0 Å². The normalized spacial score (nSPS) is 17.8. The number of hydrogen-bond acceptors (Lipinski definition) is 5. The lowest BCUT2D eigenvalue weighted by Crippen LogP contribution is -2.35. The van der Waals surface area contributed by atoms with Gasteiger partial charge in [-0.1, -0.05) is 12.8 Å². The van der Waals surface area contributed by atoms with Crippen molar-refractivity contribution in [1.82, 2.24) is 9.88 Å². The molecule has 2 heterocycles. The average Bonchev–Trinajstić information content (AvgIpc) is 2.76. The Kier molecular flexibility index (Phi) is 5.38. The first kappa shape index (κ1) is 15.6. The van der Waals surface area contributed by atoms with Crippen LogP contribution in [-0.2, 0) is 4.79 Å². The Morgan fingerprint density at radius 1 is 1.19 bits per heavy atom. The molecule has 0 bridgehead atoms. The van der Waals surface area contributed by atoms with E-state index in [9.17, 15) is 9.90 Å². The number of carboxylic acid groups (broad SMARTS) is 1. The number of likely N-dealkylation sites (tertiary alicyclic amines) is 1. The highest BCUT2D eigenvalue weighted by Gasteiger charge is 2.31. The fraction of sp³-hybridized carbons (Fsp3) is 0.600. The van der Waals surface area contributed by atoms with Gasteiger partial charge in [-0.3, -0.25) is 9.69 Å². The van der Waals surface area contributed by atoms with Crippen molar-refractivity contribution in [3.05, 3.63) is 17.7 Å². The van der Waals surface area contributed by atoms with E-state index in [4.69, 9.17) is 9.47 Å². The minimum atomic E-state index is -0.873. The average molecular weight is 294 g/mol. The van der Waals surface area contributed by atoms with Crippen LogP contribution in [0, 0.1) is 0 Å². The fourth-order valence-electron chi connectivity index (χ4n) is 2.76.